The smallest absolute Gasteiger partial charge is 0.0770 e. The van der Waals surface area contributed by atoms with Crippen molar-refractivity contribution in [1.29, 1.82) is 0 Å². The van der Waals surface area contributed by atoms with Crippen LogP contribution in [0.15, 0.2) is 30.5 Å². The van der Waals surface area contributed by atoms with E-state index in [-0.39, 0.29) is 5.41 Å². The van der Waals surface area contributed by atoms with Crippen molar-refractivity contribution < 1.29 is 4.84 Å². The maximum Gasteiger partial charge on any atom is 0.0770 e. The van der Waals surface area contributed by atoms with Crippen LogP contribution in [0.3, 0.4) is 0 Å². The summed E-state index contributed by atoms with van der Waals surface area (Å²) < 4.78 is 2.12. The highest BCUT2D eigenvalue weighted by Gasteiger charge is 2.21. The molecule has 1 heterocycles. The summed E-state index contributed by atoms with van der Waals surface area (Å²) in [5.74, 6) is 5.17. The average molecular weight is 218 g/mol. The van der Waals surface area contributed by atoms with E-state index in [2.05, 4.69) is 55.9 Å². The van der Waals surface area contributed by atoms with Gasteiger partial charge in [0.2, 0.25) is 0 Å². The van der Waals surface area contributed by atoms with Crippen molar-refractivity contribution in [2.75, 3.05) is 6.61 Å². The monoisotopic (exact) mass is 218 g/mol. The molecular weight excluding hydrogens is 200 g/mol. The van der Waals surface area contributed by atoms with E-state index in [0.717, 1.165) is 0 Å². The fourth-order valence-electron chi connectivity index (χ4n) is 1.98. The molecule has 86 valence electrons. The third-order valence-corrected chi connectivity index (χ3v) is 3.11. The summed E-state index contributed by atoms with van der Waals surface area (Å²) >= 11 is 0. The van der Waals surface area contributed by atoms with Crippen LogP contribution >= 0.6 is 0 Å². The van der Waals surface area contributed by atoms with Gasteiger partial charge in [-0.1, -0.05) is 26.0 Å². The largest absolute Gasteiger partial charge is 0.351 e. The fraction of sp³-hybridized carbons (Fsp3) is 0.385. The fourth-order valence-corrected chi connectivity index (χ4v) is 1.98. The zero-order chi connectivity index (χ0) is 11.8. The summed E-state index contributed by atoms with van der Waals surface area (Å²) in [6, 6.07) is 8.60. The summed E-state index contributed by atoms with van der Waals surface area (Å²) in [4.78, 5) is 4.78. The number of nitrogens with zero attached hydrogens (tertiary/aromatic N) is 1. The summed E-state index contributed by atoms with van der Waals surface area (Å²) in [5.41, 5.74) is 2.42. The number of benzene rings is 1. The number of hydrogen-bond donors (Lipinski definition) is 1. The Bertz CT molecular complexity index is 500. The lowest BCUT2D eigenvalue weighted by Crippen LogP contribution is -2.26. The first-order chi connectivity index (χ1) is 7.54. The number of hydrogen-bond acceptors (Lipinski definition) is 2. The molecule has 0 bridgehead atoms. The molecule has 0 amide bonds. The first kappa shape index (κ1) is 11.2. The quantitative estimate of drug-likeness (QED) is 0.803. The minimum atomic E-state index is -0.0623. The van der Waals surface area contributed by atoms with Crippen molar-refractivity contribution in [2.45, 2.75) is 19.3 Å². The molecule has 0 atom stereocenters. The van der Waals surface area contributed by atoms with Gasteiger partial charge in [0.25, 0.3) is 0 Å². The predicted octanol–water partition coefficient (Wildman–Crippen LogP) is 2.35. The molecule has 2 aromatic rings. The standard InChI is InChI=1S/C13H18N2O/c1-13(2,9-16-14)11-5-4-10-6-7-15(3)12(10)8-11/h4-8H,9,14H2,1-3H3. The van der Waals surface area contributed by atoms with Gasteiger partial charge in [0.05, 0.1) is 6.61 Å². The van der Waals surface area contributed by atoms with Gasteiger partial charge in [-0.3, -0.25) is 0 Å². The van der Waals surface area contributed by atoms with Gasteiger partial charge < -0.3 is 9.40 Å². The molecule has 0 unspecified atom stereocenters. The van der Waals surface area contributed by atoms with Crippen LogP contribution in [0, 0.1) is 0 Å². The van der Waals surface area contributed by atoms with E-state index in [1.54, 1.807) is 0 Å². The zero-order valence-corrected chi connectivity index (χ0v) is 10.0. The highest BCUT2D eigenvalue weighted by Crippen LogP contribution is 2.26. The summed E-state index contributed by atoms with van der Waals surface area (Å²) in [6.45, 7) is 4.77. The Morgan fingerprint density at radius 3 is 2.75 bits per heavy atom. The van der Waals surface area contributed by atoms with Crippen LogP contribution in [0.1, 0.15) is 19.4 Å². The number of aryl methyl sites for hydroxylation is 1. The summed E-state index contributed by atoms with van der Waals surface area (Å²) in [5, 5.41) is 1.26. The predicted molar refractivity (Wildman–Crippen MR) is 66.1 cm³/mol. The molecular formula is C13H18N2O. The van der Waals surface area contributed by atoms with Gasteiger partial charge in [-0.2, -0.15) is 0 Å². The van der Waals surface area contributed by atoms with Gasteiger partial charge >= 0.3 is 0 Å². The van der Waals surface area contributed by atoms with Crippen molar-refractivity contribution >= 4 is 10.9 Å². The Labute approximate surface area is 95.8 Å². The first-order valence-corrected chi connectivity index (χ1v) is 5.42. The molecule has 1 aromatic heterocycles. The second-order valence-electron chi connectivity index (χ2n) is 4.90. The lowest BCUT2D eigenvalue weighted by atomic mass is 9.85. The van der Waals surface area contributed by atoms with E-state index in [1.165, 1.54) is 16.5 Å². The molecule has 2 N–H and O–H groups in total. The molecule has 0 saturated carbocycles. The van der Waals surface area contributed by atoms with E-state index in [4.69, 9.17) is 10.7 Å². The molecule has 16 heavy (non-hydrogen) atoms. The zero-order valence-electron chi connectivity index (χ0n) is 10.0. The van der Waals surface area contributed by atoms with Gasteiger partial charge in [0.1, 0.15) is 0 Å². The normalized spacial score (nSPS) is 12.2. The van der Waals surface area contributed by atoms with Crippen LogP contribution in [-0.4, -0.2) is 11.2 Å². The number of fused-ring (bicyclic) bond motifs is 1. The highest BCUT2D eigenvalue weighted by atomic mass is 16.6. The van der Waals surface area contributed by atoms with Gasteiger partial charge in [0, 0.05) is 24.2 Å². The third kappa shape index (κ3) is 1.84. The van der Waals surface area contributed by atoms with Crippen LogP contribution in [-0.2, 0) is 17.3 Å². The van der Waals surface area contributed by atoms with Crippen LogP contribution in [0.4, 0.5) is 0 Å². The van der Waals surface area contributed by atoms with Gasteiger partial charge in [-0.25, -0.2) is 5.90 Å². The Morgan fingerprint density at radius 1 is 1.31 bits per heavy atom. The van der Waals surface area contributed by atoms with Crippen molar-refractivity contribution in [1.82, 2.24) is 4.57 Å². The summed E-state index contributed by atoms with van der Waals surface area (Å²) in [6.07, 6.45) is 2.07. The van der Waals surface area contributed by atoms with E-state index < -0.39 is 0 Å². The number of rotatable bonds is 3. The Balaban J connectivity index is 2.49. The van der Waals surface area contributed by atoms with E-state index in [9.17, 15) is 0 Å². The molecule has 0 saturated heterocycles. The van der Waals surface area contributed by atoms with Crippen molar-refractivity contribution in [3.63, 3.8) is 0 Å². The highest BCUT2D eigenvalue weighted by molar-refractivity contribution is 5.81. The van der Waals surface area contributed by atoms with Crippen molar-refractivity contribution in [2.24, 2.45) is 12.9 Å². The SMILES string of the molecule is Cn1ccc2ccc(C(C)(C)CON)cc21. The van der Waals surface area contributed by atoms with Gasteiger partial charge in [0.15, 0.2) is 0 Å². The van der Waals surface area contributed by atoms with Crippen molar-refractivity contribution in [3.05, 3.63) is 36.0 Å². The Hall–Kier alpha value is -1.32. The lowest BCUT2D eigenvalue weighted by molar-refractivity contribution is 0.0965. The molecule has 0 fully saturated rings. The van der Waals surface area contributed by atoms with E-state index >= 15 is 0 Å². The first-order valence-electron chi connectivity index (χ1n) is 5.42. The van der Waals surface area contributed by atoms with Crippen LogP contribution in [0.2, 0.25) is 0 Å². The molecule has 3 nitrogen and oxygen atoms in total. The second-order valence-corrected chi connectivity index (χ2v) is 4.90. The minimum Gasteiger partial charge on any atom is -0.351 e. The molecule has 0 aliphatic carbocycles. The Kier molecular flexibility index (Phi) is 2.74. The van der Waals surface area contributed by atoms with Gasteiger partial charge in [-0.05, 0) is 23.1 Å². The third-order valence-electron chi connectivity index (χ3n) is 3.11. The van der Waals surface area contributed by atoms with Crippen molar-refractivity contribution in [3.8, 4) is 0 Å². The molecule has 0 aliphatic rings. The summed E-state index contributed by atoms with van der Waals surface area (Å²) in [7, 11) is 2.05. The molecule has 0 aliphatic heterocycles. The number of aromatic nitrogens is 1. The molecule has 2 rings (SSSR count). The lowest BCUT2D eigenvalue weighted by Gasteiger charge is -2.23. The van der Waals surface area contributed by atoms with E-state index in [1.807, 2.05) is 0 Å². The average Bonchev–Trinajstić information content (AvgIpc) is 2.60. The molecule has 0 spiro atoms. The van der Waals surface area contributed by atoms with Crippen LogP contribution in [0.25, 0.3) is 10.9 Å². The van der Waals surface area contributed by atoms with Gasteiger partial charge in [-0.15, -0.1) is 0 Å². The Morgan fingerprint density at radius 2 is 2.06 bits per heavy atom. The van der Waals surface area contributed by atoms with E-state index in [0.29, 0.717) is 6.61 Å². The number of nitrogens with two attached hydrogens (primary N) is 1. The minimum absolute atomic E-state index is 0.0623. The second kappa shape index (κ2) is 3.92. The molecule has 3 heteroatoms. The molecule has 0 radical (unpaired) electrons. The molecule has 1 aromatic carbocycles. The maximum atomic E-state index is 5.17. The topological polar surface area (TPSA) is 40.2 Å². The maximum absolute atomic E-state index is 5.17. The van der Waals surface area contributed by atoms with Crippen LogP contribution < -0.4 is 5.90 Å². The van der Waals surface area contributed by atoms with Crippen LogP contribution in [0.5, 0.6) is 0 Å².